The molecule has 2 N–H and O–H groups in total. The second-order valence-electron chi connectivity index (χ2n) is 5.88. The Labute approximate surface area is 105 Å². The average molecular weight is 238 g/mol. The summed E-state index contributed by atoms with van der Waals surface area (Å²) < 4.78 is 0. The highest BCUT2D eigenvalue weighted by molar-refractivity contribution is 5.76. The largest absolute Gasteiger partial charge is 0.339 e. The van der Waals surface area contributed by atoms with Crippen LogP contribution in [0.15, 0.2) is 0 Å². The predicted molar refractivity (Wildman–Crippen MR) is 69.5 cm³/mol. The zero-order chi connectivity index (χ0) is 12.3. The van der Waals surface area contributed by atoms with Gasteiger partial charge in [0, 0.05) is 19.0 Å². The first-order valence-corrected chi connectivity index (χ1v) is 7.22. The minimum absolute atomic E-state index is 0.375. The lowest BCUT2D eigenvalue weighted by Crippen LogP contribution is -2.49. The first-order chi connectivity index (χ1) is 8.22. The highest BCUT2D eigenvalue weighted by Crippen LogP contribution is 2.33. The number of hydrogen-bond donors (Lipinski definition) is 1. The standard InChI is InChI=1S/C14H26N2O/c1-11-6-7-12(10-15)13(9-11)16-8-4-2-3-5-14(16)17/h11-13H,2-10,15H2,1H3. The molecule has 2 fully saturated rings. The molecule has 0 aromatic rings. The predicted octanol–water partition coefficient (Wildman–Crippen LogP) is 2.15. The molecule has 1 aliphatic carbocycles. The van der Waals surface area contributed by atoms with Gasteiger partial charge in [0.2, 0.25) is 5.91 Å². The third kappa shape index (κ3) is 3.01. The van der Waals surface area contributed by atoms with Crippen LogP contribution in [0.25, 0.3) is 0 Å². The van der Waals surface area contributed by atoms with Crippen molar-refractivity contribution in [1.29, 1.82) is 0 Å². The molecule has 0 aromatic carbocycles. The summed E-state index contributed by atoms with van der Waals surface area (Å²) in [5.41, 5.74) is 5.89. The molecule has 2 rings (SSSR count). The normalized spacial score (nSPS) is 35.8. The minimum Gasteiger partial charge on any atom is -0.339 e. The molecule has 3 unspecified atom stereocenters. The lowest BCUT2D eigenvalue weighted by atomic mass is 9.78. The smallest absolute Gasteiger partial charge is 0.222 e. The van der Waals surface area contributed by atoms with Gasteiger partial charge < -0.3 is 10.6 Å². The van der Waals surface area contributed by atoms with Crippen LogP contribution in [0, 0.1) is 11.8 Å². The van der Waals surface area contributed by atoms with Crippen LogP contribution in [-0.2, 0) is 4.79 Å². The molecule has 3 heteroatoms. The Morgan fingerprint density at radius 1 is 1.29 bits per heavy atom. The van der Waals surface area contributed by atoms with Crippen LogP contribution in [-0.4, -0.2) is 29.9 Å². The van der Waals surface area contributed by atoms with Crippen molar-refractivity contribution >= 4 is 5.91 Å². The van der Waals surface area contributed by atoms with Crippen molar-refractivity contribution in [2.45, 2.75) is 57.9 Å². The summed E-state index contributed by atoms with van der Waals surface area (Å²) in [6.07, 6.45) is 7.85. The summed E-state index contributed by atoms with van der Waals surface area (Å²) in [5, 5.41) is 0. The molecule has 1 aliphatic heterocycles. The second-order valence-corrected chi connectivity index (χ2v) is 5.88. The van der Waals surface area contributed by atoms with Crippen LogP contribution >= 0.6 is 0 Å². The molecule has 3 nitrogen and oxygen atoms in total. The van der Waals surface area contributed by atoms with Gasteiger partial charge in [-0.1, -0.05) is 19.8 Å². The van der Waals surface area contributed by atoms with E-state index in [9.17, 15) is 4.79 Å². The van der Waals surface area contributed by atoms with E-state index in [-0.39, 0.29) is 0 Å². The van der Waals surface area contributed by atoms with Gasteiger partial charge in [-0.2, -0.15) is 0 Å². The maximum Gasteiger partial charge on any atom is 0.222 e. The van der Waals surface area contributed by atoms with E-state index < -0.39 is 0 Å². The zero-order valence-electron chi connectivity index (χ0n) is 11.0. The molecular weight excluding hydrogens is 212 g/mol. The van der Waals surface area contributed by atoms with E-state index in [2.05, 4.69) is 11.8 Å². The van der Waals surface area contributed by atoms with E-state index in [0.29, 0.717) is 17.9 Å². The number of amides is 1. The van der Waals surface area contributed by atoms with Gasteiger partial charge in [-0.05, 0) is 44.1 Å². The lowest BCUT2D eigenvalue weighted by Gasteiger charge is -2.41. The van der Waals surface area contributed by atoms with Crippen molar-refractivity contribution in [2.75, 3.05) is 13.1 Å². The SMILES string of the molecule is CC1CCC(CN)C(N2CCCCCC2=O)C1. The Kier molecular flexibility index (Phi) is 4.43. The van der Waals surface area contributed by atoms with Crippen LogP contribution in [0.3, 0.4) is 0 Å². The molecule has 0 bridgehead atoms. The van der Waals surface area contributed by atoms with Gasteiger partial charge in [-0.15, -0.1) is 0 Å². The first-order valence-electron chi connectivity index (χ1n) is 7.22. The number of rotatable bonds is 2. The van der Waals surface area contributed by atoms with Crippen molar-refractivity contribution in [3.8, 4) is 0 Å². The van der Waals surface area contributed by atoms with E-state index in [4.69, 9.17) is 5.73 Å². The molecule has 3 atom stereocenters. The summed E-state index contributed by atoms with van der Waals surface area (Å²) in [5.74, 6) is 1.66. The number of hydrogen-bond acceptors (Lipinski definition) is 2. The van der Waals surface area contributed by atoms with Crippen LogP contribution in [0.2, 0.25) is 0 Å². The van der Waals surface area contributed by atoms with E-state index in [1.165, 1.54) is 25.7 Å². The third-order valence-electron chi connectivity index (χ3n) is 4.53. The summed E-state index contributed by atoms with van der Waals surface area (Å²) in [6, 6.07) is 0.425. The second kappa shape index (κ2) is 5.85. The number of nitrogens with zero attached hydrogens (tertiary/aromatic N) is 1. The highest BCUT2D eigenvalue weighted by Gasteiger charge is 2.34. The van der Waals surface area contributed by atoms with Gasteiger partial charge >= 0.3 is 0 Å². The van der Waals surface area contributed by atoms with Gasteiger partial charge in [-0.25, -0.2) is 0 Å². The molecule has 1 heterocycles. The fourth-order valence-electron chi connectivity index (χ4n) is 3.42. The fourth-order valence-corrected chi connectivity index (χ4v) is 3.42. The monoisotopic (exact) mass is 238 g/mol. The Hall–Kier alpha value is -0.570. The Balaban J connectivity index is 2.07. The minimum atomic E-state index is 0.375. The van der Waals surface area contributed by atoms with Gasteiger partial charge in [0.15, 0.2) is 0 Å². The van der Waals surface area contributed by atoms with Crippen LogP contribution in [0.4, 0.5) is 0 Å². The van der Waals surface area contributed by atoms with Gasteiger partial charge in [0.1, 0.15) is 0 Å². The third-order valence-corrected chi connectivity index (χ3v) is 4.53. The van der Waals surface area contributed by atoms with Gasteiger partial charge in [0.25, 0.3) is 0 Å². The van der Waals surface area contributed by atoms with Gasteiger partial charge in [0.05, 0.1) is 0 Å². The van der Waals surface area contributed by atoms with Crippen molar-refractivity contribution in [1.82, 2.24) is 4.90 Å². The number of carbonyl (C=O) groups excluding carboxylic acids is 1. The quantitative estimate of drug-likeness (QED) is 0.801. The molecule has 17 heavy (non-hydrogen) atoms. The number of nitrogens with two attached hydrogens (primary N) is 1. The molecule has 1 amide bonds. The first kappa shape index (κ1) is 12.9. The Morgan fingerprint density at radius 3 is 2.88 bits per heavy atom. The van der Waals surface area contributed by atoms with Crippen molar-refractivity contribution in [3.63, 3.8) is 0 Å². The molecule has 98 valence electrons. The number of likely N-dealkylation sites (tertiary alicyclic amines) is 1. The molecule has 1 saturated heterocycles. The lowest BCUT2D eigenvalue weighted by molar-refractivity contribution is -0.135. The van der Waals surface area contributed by atoms with Crippen molar-refractivity contribution in [3.05, 3.63) is 0 Å². The summed E-state index contributed by atoms with van der Waals surface area (Å²) >= 11 is 0. The Bertz CT molecular complexity index is 267. The van der Waals surface area contributed by atoms with Crippen molar-refractivity contribution in [2.24, 2.45) is 17.6 Å². The topological polar surface area (TPSA) is 46.3 Å². The average Bonchev–Trinajstić information content (AvgIpc) is 2.54. The van der Waals surface area contributed by atoms with E-state index >= 15 is 0 Å². The number of carbonyl (C=O) groups is 1. The summed E-state index contributed by atoms with van der Waals surface area (Å²) in [4.78, 5) is 14.3. The molecule has 0 aromatic heterocycles. The molecule has 2 aliphatic rings. The molecular formula is C14H26N2O. The summed E-state index contributed by atoms with van der Waals surface area (Å²) in [6.45, 7) is 4.01. The van der Waals surface area contributed by atoms with E-state index in [0.717, 1.165) is 38.3 Å². The van der Waals surface area contributed by atoms with E-state index in [1.54, 1.807) is 0 Å². The van der Waals surface area contributed by atoms with Gasteiger partial charge in [-0.3, -0.25) is 4.79 Å². The zero-order valence-corrected chi connectivity index (χ0v) is 11.0. The van der Waals surface area contributed by atoms with Crippen LogP contribution < -0.4 is 5.73 Å². The fraction of sp³-hybridized carbons (Fsp3) is 0.929. The Morgan fingerprint density at radius 2 is 2.12 bits per heavy atom. The highest BCUT2D eigenvalue weighted by atomic mass is 16.2. The van der Waals surface area contributed by atoms with E-state index in [1.807, 2.05) is 0 Å². The van der Waals surface area contributed by atoms with Crippen molar-refractivity contribution < 1.29 is 4.79 Å². The molecule has 0 spiro atoms. The maximum absolute atomic E-state index is 12.2. The summed E-state index contributed by atoms with van der Waals surface area (Å²) in [7, 11) is 0. The van der Waals surface area contributed by atoms with Crippen LogP contribution in [0.1, 0.15) is 51.9 Å². The maximum atomic E-state index is 12.2. The molecule has 1 saturated carbocycles. The van der Waals surface area contributed by atoms with Crippen LogP contribution in [0.5, 0.6) is 0 Å². The molecule has 0 radical (unpaired) electrons.